The van der Waals surface area contributed by atoms with Gasteiger partial charge in [-0.05, 0) is 50.3 Å². The van der Waals surface area contributed by atoms with Gasteiger partial charge in [-0.15, -0.1) is 0 Å². The van der Waals surface area contributed by atoms with Crippen molar-refractivity contribution < 1.29 is 0 Å². The lowest BCUT2D eigenvalue weighted by atomic mass is 10.2. The Kier molecular flexibility index (Phi) is 4.88. The van der Waals surface area contributed by atoms with Crippen LogP contribution >= 0.6 is 35.4 Å². The van der Waals surface area contributed by atoms with Crippen LogP contribution in [0.1, 0.15) is 17.0 Å². The van der Waals surface area contributed by atoms with E-state index in [1.54, 1.807) is 18.3 Å². The molecule has 21 heavy (non-hydrogen) atoms. The molecular weight excluding hydrogens is 327 g/mol. The normalized spacial score (nSPS) is 11.0. The molecule has 0 spiro atoms. The number of hydrogen-bond acceptors (Lipinski definition) is 2. The summed E-state index contributed by atoms with van der Waals surface area (Å²) in [4.78, 5) is 0. The van der Waals surface area contributed by atoms with Gasteiger partial charge in [0.2, 0.25) is 0 Å². The van der Waals surface area contributed by atoms with E-state index in [0.717, 1.165) is 22.6 Å². The first-order valence-electron chi connectivity index (χ1n) is 6.13. The van der Waals surface area contributed by atoms with E-state index in [-0.39, 0.29) is 5.11 Å². The highest BCUT2D eigenvalue weighted by molar-refractivity contribution is 7.80. The second-order valence-electron chi connectivity index (χ2n) is 4.49. The summed E-state index contributed by atoms with van der Waals surface area (Å²) in [7, 11) is 0. The van der Waals surface area contributed by atoms with Crippen molar-refractivity contribution in [2.75, 3.05) is 0 Å². The van der Waals surface area contributed by atoms with Gasteiger partial charge in [0.15, 0.2) is 5.11 Å². The first-order valence-corrected chi connectivity index (χ1v) is 7.29. The third-order valence-electron chi connectivity index (χ3n) is 3.00. The quantitative estimate of drug-likeness (QED) is 0.510. The molecule has 0 unspecified atom stereocenters. The van der Waals surface area contributed by atoms with Crippen LogP contribution in [0.25, 0.3) is 5.69 Å². The van der Waals surface area contributed by atoms with Crippen molar-refractivity contribution in [1.82, 2.24) is 9.99 Å². The van der Waals surface area contributed by atoms with Gasteiger partial charge >= 0.3 is 0 Å². The summed E-state index contributed by atoms with van der Waals surface area (Å²) in [6, 6.07) is 7.37. The molecule has 0 radical (unpaired) electrons. The standard InChI is InChI=1S/C14H14Cl2N4S/c1-8-5-10(7-18-19-14(17)21)9(2)20(8)13-6-11(15)3-4-12(13)16/h3-7H,1-2H3,(H3,17,19,21). The average Bonchev–Trinajstić information content (AvgIpc) is 2.67. The van der Waals surface area contributed by atoms with Crippen LogP contribution in [0.2, 0.25) is 10.0 Å². The lowest BCUT2D eigenvalue weighted by molar-refractivity contribution is 0.964. The lowest BCUT2D eigenvalue weighted by Crippen LogP contribution is -2.24. The Morgan fingerprint density at radius 3 is 2.71 bits per heavy atom. The predicted molar refractivity (Wildman–Crippen MR) is 92.8 cm³/mol. The minimum absolute atomic E-state index is 0.123. The zero-order valence-electron chi connectivity index (χ0n) is 11.5. The number of nitrogens with one attached hydrogen (secondary N) is 1. The Labute approximate surface area is 138 Å². The second kappa shape index (κ2) is 6.47. The molecule has 0 fully saturated rings. The van der Waals surface area contributed by atoms with Crippen LogP contribution in [0.3, 0.4) is 0 Å². The summed E-state index contributed by atoms with van der Waals surface area (Å²) in [5.41, 5.74) is 11.6. The molecule has 2 rings (SSSR count). The van der Waals surface area contributed by atoms with Gasteiger partial charge in [0.1, 0.15) is 0 Å². The Morgan fingerprint density at radius 1 is 1.33 bits per heavy atom. The fourth-order valence-electron chi connectivity index (χ4n) is 2.11. The van der Waals surface area contributed by atoms with Gasteiger partial charge in [-0.25, -0.2) is 0 Å². The molecule has 0 amide bonds. The highest BCUT2D eigenvalue weighted by atomic mass is 35.5. The van der Waals surface area contributed by atoms with E-state index in [1.807, 2.05) is 30.5 Å². The van der Waals surface area contributed by atoms with E-state index in [0.29, 0.717) is 10.0 Å². The topological polar surface area (TPSA) is 55.3 Å². The molecule has 0 atom stereocenters. The van der Waals surface area contributed by atoms with Gasteiger partial charge in [0.05, 0.1) is 16.9 Å². The third kappa shape index (κ3) is 3.56. The number of benzene rings is 1. The average molecular weight is 341 g/mol. The van der Waals surface area contributed by atoms with E-state index < -0.39 is 0 Å². The van der Waals surface area contributed by atoms with Crippen molar-refractivity contribution in [3.63, 3.8) is 0 Å². The summed E-state index contributed by atoms with van der Waals surface area (Å²) < 4.78 is 2.02. The number of nitrogens with two attached hydrogens (primary N) is 1. The van der Waals surface area contributed by atoms with Gasteiger partial charge in [-0.3, -0.25) is 5.43 Å². The number of hydrazone groups is 1. The van der Waals surface area contributed by atoms with Gasteiger partial charge in [-0.2, -0.15) is 5.10 Å². The van der Waals surface area contributed by atoms with E-state index in [9.17, 15) is 0 Å². The number of halogens is 2. The molecule has 110 valence electrons. The van der Waals surface area contributed by atoms with E-state index in [4.69, 9.17) is 41.2 Å². The highest BCUT2D eigenvalue weighted by Crippen LogP contribution is 2.28. The van der Waals surface area contributed by atoms with Gasteiger partial charge in [-0.1, -0.05) is 23.2 Å². The number of nitrogens with zero attached hydrogens (tertiary/aromatic N) is 2. The van der Waals surface area contributed by atoms with Crippen LogP contribution in [0.5, 0.6) is 0 Å². The minimum Gasteiger partial charge on any atom is -0.375 e. The maximum Gasteiger partial charge on any atom is 0.184 e. The molecule has 1 aromatic carbocycles. The SMILES string of the molecule is Cc1cc(C=NNC(N)=S)c(C)n1-c1cc(Cl)ccc1Cl. The van der Waals surface area contributed by atoms with Crippen molar-refractivity contribution in [1.29, 1.82) is 0 Å². The molecule has 0 bridgehead atoms. The molecule has 7 heteroatoms. The van der Waals surface area contributed by atoms with Crippen LogP contribution in [0, 0.1) is 13.8 Å². The minimum atomic E-state index is 0.123. The zero-order valence-corrected chi connectivity index (χ0v) is 13.9. The van der Waals surface area contributed by atoms with Crippen molar-refractivity contribution in [2.24, 2.45) is 10.8 Å². The molecular formula is C14H14Cl2N4S. The van der Waals surface area contributed by atoms with Crippen LogP contribution < -0.4 is 11.2 Å². The molecule has 0 saturated heterocycles. The van der Waals surface area contributed by atoms with Crippen molar-refractivity contribution in [3.05, 3.63) is 51.3 Å². The van der Waals surface area contributed by atoms with Gasteiger partial charge < -0.3 is 10.3 Å². The first-order chi connectivity index (χ1) is 9.90. The Balaban J connectivity index is 2.46. The van der Waals surface area contributed by atoms with Crippen molar-refractivity contribution in [2.45, 2.75) is 13.8 Å². The molecule has 4 nitrogen and oxygen atoms in total. The number of rotatable bonds is 3. The largest absolute Gasteiger partial charge is 0.375 e. The Morgan fingerprint density at radius 2 is 2.05 bits per heavy atom. The molecule has 1 heterocycles. The second-order valence-corrected chi connectivity index (χ2v) is 5.78. The monoisotopic (exact) mass is 340 g/mol. The maximum atomic E-state index is 6.27. The van der Waals surface area contributed by atoms with Crippen LogP contribution in [0.15, 0.2) is 29.4 Å². The molecule has 0 saturated carbocycles. The Hall–Kier alpha value is -1.56. The number of hydrogen-bond donors (Lipinski definition) is 2. The zero-order chi connectivity index (χ0) is 15.6. The molecule has 0 aliphatic rings. The predicted octanol–water partition coefficient (Wildman–Crippen LogP) is 3.57. The summed E-state index contributed by atoms with van der Waals surface area (Å²) in [5.74, 6) is 0. The first kappa shape index (κ1) is 15.8. The van der Waals surface area contributed by atoms with Crippen LogP contribution in [0.4, 0.5) is 0 Å². The summed E-state index contributed by atoms with van der Waals surface area (Å²) >= 11 is 17.0. The van der Waals surface area contributed by atoms with E-state index >= 15 is 0 Å². The number of aromatic nitrogens is 1. The van der Waals surface area contributed by atoms with Gasteiger partial charge in [0.25, 0.3) is 0 Å². The fraction of sp³-hybridized carbons (Fsp3) is 0.143. The number of aryl methyl sites for hydroxylation is 1. The van der Waals surface area contributed by atoms with Crippen molar-refractivity contribution >= 4 is 46.7 Å². The summed E-state index contributed by atoms with van der Waals surface area (Å²) in [6.45, 7) is 3.97. The molecule has 0 aliphatic heterocycles. The summed E-state index contributed by atoms with van der Waals surface area (Å²) in [5, 5.41) is 5.36. The lowest BCUT2D eigenvalue weighted by Gasteiger charge is -2.12. The molecule has 1 aromatic heterocycles. The molecule has 3 N–H and O–H groups in total. The number of thiocarbonyl (C=S) groups is 1. The Bertz CT molecular complexity index is 722. The van der Waals surface area contributed by atoms with E-state index in [1.165, 1.54) is 0 Å². The third-order valence-corrected chi connectivity index (χ3v) is 3.64. The molecule has 0 aliphatic carbocycles. The van der Waals surface area contributed by atoms with Crippen LogP contribution in [-0.4, -0.2) is 15.9 Å². The van der Waals surface area contributed by atoms with Crippen LogP contribution in [-0.2, 0) is 0 Å². The highest BCUT2D eigenvalue weighted by Gasteiger charge is 2.12. The van der Waals surface area contributed by atoms with E-state index in [2.05, 4.69) is 10.5 Å². The summed E-state index contributed by atoms with van der Waals surface area (Å²) in [6.07, 6.45) is 1.66. The smallest absolute Gasteiger partial charge is 0.184 e. The van der Waals surface area contributed by atoms with Gasteiger partial charge in [0, 0.05) is 22.0 Å². The van der Waals surface area contributed by atoms with Crippen molar-refractivity contribution in [3.8, 4) is 5.69 Å². The fourth-order valence-corrected chi connectivity index (χ4v) is 2.53. The maximum absolute atomic E-state index is 6.27. The molecule has 2 aromatic rings.